The van der Waals surface area contributed by atoms with E-state index >= 15 is 0 Å². The van der Waals surface area contributed by atoms with Crippen LogP contribution in [-0.2, 0) is 27.7 Å². The fraction of sp³-hybridized carbons (Fsp3) is 0.321. The van der Waals surface area contributed by atoms with Crippen molar-refractivity contribution in [2.45, 2.75) is 42.4 Å². The van der Waals surface area contributed by atoms with E-state index in [1.165, 1.54) is 19.2 Å². The van der Waals surface area contributed by atoms with Gasteiger partial charge in [0, 0.05) is 18.9 Å². The number of amides is 1. The van der Waals surface area contributed by atoms with E-state index in [-0.39, 0.29) is 23.8 Å². The van der Waals surface area contributed by atoms with Gasteiger partial charge in [-0.15, -0.1) is 0 Å². The molecular formula is C28H32N2O6S. The Kier molecular flexibility index (Phi) is 8.60. The van der Waals surface area contributed by atoms with E-state index in [1.54, 1.807) is 12.1 Å². The lowest BCUT2D eigenvalue weighted by Crippen LogP contribution is -2.41. The first-order valence-electron chi connectivity index (χ1n) is 12.2. The van der Waals surface area contributed by atoms with Crippen LogP contribution in [0.15, 0.2) is 83.8 Å². The number of hydrogen-bond acceptors (Lipinski definition) is 6. The summed E-state index contributed by atoms with van der Waals surface area (Å²) >= 11 is 0. The molecule has 0 bridgehead atoms. The summed E-state index contributed by atoms with van der Waals surface area (Å²) in [5.74, 6) is -0.409. The summed E-state index contributed by atoms with van der Waals surface area (Å²) < 4.78 is 32.8. The van der Waals surface area contributed by atoms with E-state index < -0.39 is 34.2 Å². The molecule has 37 heavy (non-hydrogen) atoms. The molecule has 0 unspecified atom stereocenters. The van der Waals surface area contributed by atoms with Crippen LogP contribution in [0.1, 0.15) is 29.2 Å². The molecule has 0 aromatic heterocycles. The molecule has 3 aromatic rings. The molecule has 4 rings (SSSR count). The molecule has 0 saturated carbocycles. The SMILES string of the molecule is COc1ccc(S(=O)(=O)NC[C@@H](O)C[C@@H](Cc2ccccc2)C(=O)N[C@H]2c3ccccc3C[C@H]2O)cc1. The summed E-state index contributed by atoms with van der Waals surface area (Å²) in [6.45, 7) is -0.248. The highest BCUT2D eigenvalue weighted by molar-refractivity contribution is 7.89. The number of benzene rings is 3. The normalized spacial score (nSPS) is 18.6. The second kappa shape index (κ2) is 11.9. The monoisotopic (exact) mass is 524 g/mol. The van der Waals surface area contributed by atoms with Gasteiger partial charge in [0.2, 0.25) is 15.9 Å². The Balaban J connectivity index is 1.44. The van der Waals surface area contributed by atoms with Gasteiger partial charge >= 0.3 is 0 Å². The van der Waals surface area contributed by atoms with Crippen LogP contribution < -0.4 is 14.8 Å². The Bertz CT molecular complexity index is 1300. The van der Waals surface area contributed by atoms with Crippen LogP contribution >= 0.6 is 0 Å². The second-order valence-electron chi connectivity index (χ2n) is 9.26. The van der Waals surface area contributed by atoms with Crippen molar-refractivity contribution in [3.63, 3.8) is 0 Å². The van der Waals surface area contributed by atoms with Crippen molar-refractivity contribution in [3.8, 4) is 5.75 Å². The Morgan fingerprint density at radius 2 is 1.70 bits per heavy atom. The van der Waals surface area contributed by atoms with Crippen LogP contribution in [-0.4, -0.2) is 50.4 Å². The number of fused-ring (bicyclic) bond motifs is 1. The van der Waals surface area contributed by atoms with Crippen molar-refractivity contribution in [1.82, 2.24) is 10.0 Å². The van der Waals surface area contributed by atoms with Gasteiger partial charge < -0.3 is 20.3 Å². The van der Waals surface area contributed by atoms with Crippen LogP contribution in [0.2, 0.25) is 0 Å². The Morgan fingerprint density at radius 1 is 1.03 bits per heavy atom. The summed E-state index contributed by atoms with van der Waals surface area (Å²) in [5.41, 5.74) is 2.79. The van der Waals surface area contributed by atoms with Gasteiger partial charge in [0.1, 0.15) is 5.75 Å². The van der Waals surface area contributed by atoms with Crippen molar-refractivity contribution < 1.29 is 28.2 Å². The largest absolute Gasteiger partial charge is 0.497 e. The molecule has 4 atom stereocenters. The number of carbonyl (C=O) groups excluding carboxylic acids is 1. The van der Waals surface area contributed by atoms with E-state index in [0.29, 0.717) is 18.6 Å². The lowest BCUT2D eigenvalue weighted by atomic mass is 9.92. The zero-order valence-electron chi connectivity index (χ0n) is 20.6. The van der Waals surface area contributed by atoms with Crippen molar-refractivity contribution in [2.24, 2.45) is 5.92 Å². The first kappa shape index (κ1) is 26.8. The number of methoxy groups -OCH3 is 1. The lowest BCUT2D eigenvalue weighted by Gasteiger charge is -2.24. The standard InChI is InChI=1S/C28H32N2O6S/c1-36-23-11-13-24(14-12-23)37(34,35)29-18-22(31)16-21(15-19-7-3-2-4-8-19)28(33)30-27-25-10-6-5-9-20(25)17-26(27)32/h2-14,21-22,26-27,29,31-32H,15-18H2,1H3,(H,30,33)/t21-,22+,26-,27+/m1/s1. The topological polar surface area (TPSA) is 125 Å². The zero-order valence-corrected chi connectivity index (χ0v) is 21.4. The average molecular weight is 525 g/mol. The number of aliphatic hydroxyl groups is 2. The Morgan fingerprint density at radius 3 is 2.41 bits per heavy atom. The maximum Gasteiger partial charge on any atom is 0.240 e. The highest BCUT2D eigenvalue weighted by Gasteiger charge is 2.34. The minimum absolute atomic E-state index is 0.0380. The minimum Gasteiger partial charge on any atom is -0.497 e. The van der Waals surface area contributed by atoms with E-state index in [4.69, 9.17) is 4.74 Å². The number of sulfonamides is 1. The molecule has 0 spiro atoms. The number of hydrogen-bond donors (Lipinski definition) is 4. The molecule has 0 fully saturated rings. The quantitative estimate of drug-likeness (QED) is 0.305. The van der Waals surface area contributed by atoms with Crippen molar-refractivity contribution in [3.05, 3.63) is 95.6 Å². The maximum atomic E-state index is 13.4. The fourth-order valence-electron chi connectivity index (χ4n) is 4.66. The molecule has 4 N–H and O–H groups in total. The fourth-order valence-corrected chi connectivity index (χ4v) is 5.73. The second-order valence-corrected chi connectivity index (χ2v) is 11.0. The van der Waals surface area contributed by atoms with E-state index in [0.717, 1.165) is 16.7 Å². The van der Waals surface area contributed by atoms with E-state index in [1.807, 2.05) is 54.6 Å². The van der Waals surface area contributed by atoms with Crippen LogP contribution in [0.4, 0.5) is 0 Å². The summed E-state index contributed by atoms with van der Waals surface area (Å²) in [4.78, 5) is 13.4. The molecule has 1 aliphatic rings. The number of aliphatic hydroxyl groups excluding tert-OH is 2. The molecule has 1 amide bonds. The van der Waals surface area contributed by atoms with Gasteiger partial charge in [0.05, 0.1) is 30.3 Å². The molecule has 0 radical (unpaired) electrons. The minimum atomic E-state index is -3.85. The number of rotatable bonds is 11. The molecule has 0 aliphatic heterocycles. The molecule has 196 valence electrons. The molecular weight excluding hydrogens is 492 g/mol. The molecule has 3 aromatic carbocycles. The van der Waals surface area contributed by atoms with Crippen molar-refractivity contribution >= 4 is 15.9 Å². The number of nitrogens with one attached hydrogen (secondary N) is 2. The highest BCUT2D eigenvalue weighted by Crippen LogP contribution is 2.32. The van der Waals surface area contributed by atoms with Crippen molar-refractivity contribution in [2.75, 3.05) is 13.7 Å². The van der Waals surface area contributed by atoms with Crippen LogP contribution in [0.3, 0.4) is 0 Å². The predicted octanol–water partition coefficient (Wildman–Crippen LogP) is 2.36. The molecule has 0 saturated heterocycles. The van der Waals surface area contributed by atoms with Gasteiger partial charge in [-0.05, 0) is 53.8 Å². The van der Waals surface area contributed by atoms with Gasteiger partial charge in [-0.3, -0.25) is 4.79 Å². The van der Waals surface area contributed by atoms with E-state index in [2.05, 4.69) is 10.0 Å². The first-order chi connectivity index (χ1) is 17.8. The highest BCUT2D eigenvalue weighted by atomic mass is 32.2. The Labute approximate surface area is 217 Å². The summed E-state index contributed by atoms with van der Waals surface area (Å²) in [6.07, 6.45) is -0.982. The van der Waals surface area contributed by atoms with Gasteiger partial charge in [-0.25, -0.2) is 13.1 Å². The van der Waals surface area contributed by atoms with Crippen molar-refractivity contribution in [1.29, 1.82) is 0 Å². The number of carbonyl (C=O) groups is 1. The molecule has 0 heterocycles. The summed E-state index contributed by atoms with van der Waals surface area (Å²) in [7, 11) is -2.36. The third-order valence-corrected chi connectivity index (χ3v) is 8.07. The van der Waals surface area contributed by atoms with Gasteiger partial charge in [-0.1, -0.05) is 54.6 Å². The van der Waals surface area contributed by atoms with Gasteiger partial charge in [0.15, 0.2) is 0 Å². The van der Waals surface area contributed by atoms with Gasteiger partial charge in [0.25, 0.3) is 0 Å². The Hall–Kier alpha value is -3.24. The number of ether oxygens (including phenoxy) is 1. The molecule has 1 aliphatic carbocycles. The third kappa shape index (κ3) is 6.75. The zero-order chi connectivity index (χ0) is 26.4. The van der Waals surface area contributed by atoms with E-state index in [9.17, 15) is 23.4 Å². The third-order valence-electron chi connectivity index (χ3n) is 6.63. The first-order valence-corrected chi connectivity index (χ1v) is 13.7. The lowest BCUT2D eigenvalue weighted by molar-refractivity contribution is -0.127. The molecule has 8 nitrogen and oxygen atoms in total. The van der Waals surface area contributed by atoms with Gasteiger partial charge in [-0.2, -0.15) is 0 Å². The summed E-state index contributed by atoms with van der Waals surface area (Å²) in [5, 5.41) is 24.3. The van der Waals surface area contributed by atoms with Crippen LogP contribution in [0.5, 0.6) is 5.75 Å². The molecule has 9 heteroatoms. The smallest absolute Gasteiger partial charge is 0.240 e. The maximum absolute atomic E-state index is 13.4. The average Bonchev–Trinajstić information content (AvgIpc) is 3.22. The predicted molar refractivity (Wildman–Crippen MR) is 139 cm³/mol. The van der Waals surface area contributed by atoms with Crippen LogP contribution in [0, 0.1) is 5.92 Å². The summed E-state index contributed by atoms with van der Waals surface area (Å²) in [6, 6.07) is 22.4. The van der Waals surface area contributed by atoms with Crippen LogP contribution in [0.25, 0.3) is 0 Å².